The van der Waals surface area contributed by atoms with Crippen LogP contribution in [-0.2, 0) is 6.42 Å². The Labute approximate surface area is 73.8 Å². The minimum atomic E-state index is -2.68. The normalized spacial score (nSPS) is 10.8. The van der Waals surface area contributed by atoms with Gasteiger partial charge in [0, 0.05) is 12.5 Å². The molecular formula is C8H10F2N2O. The van der Waals surface area contributed by atoms with Crippen LogP contribution in [0.3, 0.4) is 0 Å². The van der Waals surface area contributed by atoms with Crippen molar-refractivity contribution in [1.29, 1.82) is 0 Å². The maximum atomic E-state index is 12.2. The summed E-state index contributed by atoms with van der Waals surface area (Å²) in [6.07, 6.45) is -1.41. The Morgan fingerprint density at radius 3 is 2.85 bits per heavy atom. The van der Waals surface area contributed by atoms with Crippen molar-refractivity contribution in [1.82, 2.24) is 9.97 Å². The molecule has 72 valence electrons. The lowest BCUT2D eigenvalue weighted by molar-refractivity contribution is 0.145. The molecule has 0 aliphatic carbocycles. The van der Waals surface area contributed by atoms with Gasteiger partial charge < -0.3 is 4.98 Å². The number of aryl methyl sites for hydroxylation is 1. The monoisotopic (exact) mass is 188 g/mol. The molecule has 13 heavy (non-hydrogen) atoms. The van der Waals surface area contributed by atoms with E-state index < -0.39 is 17.7 Å². The first-order valence-corrected chi connectivity index (χ1v) is 4.01. The minimum absolute atomic E-state index is 0.324. The van der Waals surface area contributed by atoms with Crippen LogP contribution in [0.4, 0.5) is 8.78 Å². The van der Waals surface area contributed by atoms with E-state index in [9.17, 15) is 13.6 Å². The maximum absolute atomic E-state index is 12.2. The molecule has 0 aromatic carbocycles. The van der Waals surface area contributed by atoms with E-state index in [0.29, 0.717) is 12.2 Å². The SMILES string of the molecule is CCCc1nc(C(F)F)cc(=O)[nH]1. The first-order chi connectivity index (χ1) is 6.13. The molecule has 3 nitrogen and oxygen atoms in total. The van der Waals surface area contributed by atoms with Crippen molar-refractivity contribution in [2.45, 2.75) is 26.2 Å². The molecule has 0 spiro atoms. The smallest absolute Gasteiger partial charge is 0.280 e. The van der Waals surface area contributed by atoms with Crippen LogP contribution in [0.15, 0.2) is 10.9 Å². The molecule has 0 saturated carbocycles. The fourth-order valence-electron chi connectivity index (χ4n) is 0.996. The van der Waals surface area contributed by atoms with Crippen LogP contribution in [0.1, 0.15) is 31.3 Å². The molecule has 0 aliphatic heterocycles. The number of H-pyrrole nitrogens is 1. The summed E-state index contributed by atoms with van der Waals surface area (Å²) in [6, 6.07) is 0.823. The van der Waals surface area contributed by atoms with Gasteiger partial charge in [0.05, 0.1) is 0 Å². The van der Waals surface area contributed by atoms with Gasteiger partial charge >= 0.3 is 0 Å². The molecule has 1 heterocycles. The van der Waals surface area contributed by atoms with Crippen LogP contribution in [0.2, 0.25) is 0 Å². The van der Waals surface area contributed by atoms with Crippen molar-refractivity contribution in [2.24, 2.45) is 0 Å². The molecular weight excluding hydrogens is 178 g/mol. The van der Waals surface area contributed by atoms with Crippen LogP contribution >= 0.6 is 0 Å². The van der Waals surface area contributed by atoms with Crippen molar-refractivity contribution < 1.29 is 8.78 Å². The lowest BCUT2D eigenvalue weighted by Gasteiger charge is -2.01. The molecule has 5 heteroatoms. The molecule has 0 unspecified atom stereocenters. The van der Waals surface area contributed by atoms with E-state index in [0.717, 1.165) is 12.5 Å². The number of rotatable bonds is 3. The van der Waals surface area contributed by atoms with Gasteiger partial charge in [-0.1, -0.05) is 6.92 Å². The van der Waals surface area contributed by atoms with E-state index in [1.807, 2.05) is 6.92 Å². The quantitative estimate of drug-likeness (QED) is 0.784. The van der Waals surface area contributed by atoms with Crippen molar-refractivity contribution in [3.05, 3.63) is 27.9 Å². The molecule has 0 atom stereocenters. The average Bonchev–Trinajstić information content (AvgIpc) is 2.03. The molecule has 0 aliphatic rings. The molecule has 0 amide bonds. The van der Waals surface area contributed by atoms with Gasteiger partial charge in [0.2, 0.25) is 0 Å². The summed E-state index contributed by atoms with van der Waals surface area (Å²) in [6.45, 7) is 1.88. The summed E-state index contributed by atoms with van der Waals surface area (Å²) in [5.74, 6) is 0.324. The van der Waals surface area contributed by atoms with E-state index in [4.69, 9.17) is 0 Å². The van der Waals surface area contributed by atoms with Gasteiger partial charge in [0.25, 0.3) is 12.0 Å². The highest BCUT2D eigenvalue weighted by Crippen LogP contribution is 2.13. The molecule has 0 saturated heterocycles. The number of aromatic amines is 1. The summed E-state index contributed by atoms with van der Waals surface area (Å²) >= 11 is 0. The third-order valence-corrected chi connectivity index (χ3v) is 1.52. The van der Waals surface area contributed by atoms with Gasteiger partial charge in [0.15, 0.2) is 0 Å². The molecule has 0 bridgehead atoms. The third kappa shape index (κ3) is 2.61. The largest absolute Gasteiger partial charge is 0.311 e. The van der Waals surface area contributed by atoms with Crippen molar-refractivity contribution >= 4 is 0 Å². The molecule has 1 aromatic rings. The number of hydrogen-bond donors (Lipinski definition) is 1. The molecule has 1 rings (SSSR count). The van der Waals surface area contributed by atoms with Crippen LogP contribution in [0, 0.1) is 0 Å². The second kappa shape index (κ2) is 4.11. The Kier molecular flexibility index (Phi) is 3.11. The van der Waals surface area contributed by atoms with Gasteiger partial charge in [-0.2, -0.15) is 0 Å². The zero-order valence-corrected chi connectivity index (χ0v) is 7.18. The summed E-state index contributed by atoms with van der Waals surface area (Å²) < 4.78 is 24.3. The fraction of sp³-hybridized carbons (Fsp3) is 0.500. The maximum Gasteiger partial charge on any atom is 0.280 e. The summed E-state index contributed by atoms with van der Waals surface area (Å²) in [7, 11) is 0. The average molecular weight is 188 g/mol. The van der Waals surface area contributed by atoms with Gasteiger partial charge in [-0.3, -0.25) is 4.79 Å². The highest BCUT2D eigenvalue weighted by atomic mass is 19.3. The Balaban J connectivity index is 3.04. The first-order valence-electron chi connectivity index (χ1n) is 4.01. The zero-order chi connectivity index (χ0) is 9.84. The number of aromatic nitrogens is 2. The lowest BCUT2D eigenvalue weighted by Crippen LogP contribution is -2.12. The fourth-order valence-corrected chi connectivity index (χ4v) is 0.996. The van der Waals surface area contributed by atoms with E-state index in [-0.39, 0.29) is 0 Å². The topological polar surface area (TPSA) is 45.8 Å². The zero-order valence-electron chi connectivity index (χ0n) is 7.18. The van der Waals surface area contributed by atoms with E-state index >= 15 is 0 Å². The highest BCUT2D eigenvalue weighted by Gasteiger charge is 2.10. The van der Waals surface area contributed by atoms with Crippen molar-refractivity contribution in [3.8, 4) is 0 Å². The summed E-state index contributed by atoms with van der Waals surface area (Å²) in [5.41, 5.74) is -0.971. The Morgan fingerprint density at radius 2 is 2.31 bits per heavy atom. The molecule has 1 aromatic heterocycles. The molecule has 1 N–H and O–H groups in total. The predicted octanol–water partition coefficient (Wildman–Crippen LogP) is 1.66. The minimum Gasteiger partial charge on any atom is -0.311 e. The van der Waals surface area contributed by atoms with Crippen molar-refractivity contribution in [2.75, 3.05) is 0 Å². The highest BCUT2D eigenvalue weighted by molar-refractivity contribution is 5.03. The Bertz CT molecular complexity index is 335. The van der Waals surface area contributed by atoms with E-state index in [1.165, 1.54) is 0 Å². The summed E-state index contributed by atoms with van der Waals surface area (Å²) in [4.78, 5) is 16.9. The van der Waals surface area contributed by atoms with E-state index in [1.54, 1.807) is 0 Å². The number of hydrogen-bond acceptors (Lipinski definition) is 2. The number of alkyl halides is 2. The second-order valence-electron chi connectivity index (χ2n) is 2.67. The predicted molar refractivity (Wildman–Crippen MR) is 43.8 cm³/mol. The number of nitrogens with zero attached hydrogens (tertiary/aromatic N) is 1. The third-order valence-electron chi connectivity index (χ3n) is 1.52. The van der Waals surface area contributed by atoms with Crippen LogP contribution < -0.4 is 5.56 Å². The van der Waals surface area contributed by atoms with Crippen LogP contribution in [0.5, 0.6) is 0 Å². The van der Waals surface area contributed by atoms with Gasteiger partial charge in [-0.25, -0.2) is 13.8 Å². The molecule has 0 fully saturated rings. The van der Waals surface area contributed by atoms with E-state index in [2.05, 4.69) is 9.97 Å². The van der Waals surface area contributed by atoms with Gasteiger partial charge in [0.1, 0.15) is 11.5 Å². The Hall–Kier alpha value is -1.26. The lowest BCUT2D eigenvalue weighted by atomic mass is 10.3. The second-order valence-corrected chi connectivity index (χ2v) is 2.67. The molecule has 0 radical (unpaired) electrons. The van der Waals surface area contributed by atoms with Gasteiger partial charge in [-0.15, -0.1) is 0 Å². The van der Waals surface area contributed by atoms with Gasteiger partial charge in [-0.05, 0) is 6.42 Å². The standard InChI is InChI=1S/C8H10F2N2O/c1-2-3-6-11-5(8(9)10)4-7(13)12-6/h4,8H,2-3H2,1H3,(H,11,12,13). The summed E-state index contributed by atoms with van der Waals surface area (Å²) in [5, 5.41) is 0. The van der Waals surface area contributed by atoms with Crippen LogP contribution in [0.25, 0.3) is 0 Å². The number of nitrogens with one attached hydrogen (secondary N) is 1. The Morgan fingerprint density at radius 1 is 1.62 bits per heavy atom. The first kappa shape index (κ1) is 9.83. The number of halogens is 2. The van der Waals surface area contributed by atoms with Crippen LogP contribution in [-0.4, -0.2) is 9.97 Å². The van der Waals surface area contributed by atoms with Crippen molar-refractivity contribution in [3.63, 3.8) is 0 Å².